The molecule has 0 aliphatic carbocycles. The lowest BCUT2D eigenvalue weighted by atomic mass is 10.2. The van der Waals surface area contributed by atoms with Gasteiger partial charge in [0, 0.05) is 25.6 Å². The van der Waals surface area contributed by atoms with E-state index in [-0.39, 0.29) is 6.61 Å². The molecule has 2 aromatic rings. The van der Waals surface area contributed by atoms with Crippen LogP contribution in [0.5, 0.6) is 5.75 Å². The van der Waals surface area contributed by atoms with E-state index in [2.05, 4.69) is 10.2 Å². The Labute approximate surface area is 118 Å². The molecule has 6 heteroatoms. The van der Waals surface area contributed by atoms with E-state index in [1.165, 1.54) is 0 Å². The van der Waals surface area contributed by atoms with E-state index < -0.39 is 0 Å². The monoisotopic (exact) mass is 277 g/mol. The molecule has 0 aliphatic heterocycles. The van der Waals surface area contributed by atoms with Crippen LogP contribution in [-0.4, -0.2) is 40.5 Å². The molecule has 0 amide bonds. The Morgan fingerprint density at radius 3 is 2.70 bits per heavy atom. The van der Waals surface area contributed by atoms with Crippen LogP contribution < -0.4 is 4.74 Å². The van der Waals surface area contributed by atoms with Gasteiger partial charge >= 0.3 is 0 Å². The number of rotatable bonds is 7. The second-order valence-electron chi connectivity index (χ2n) is 4.46. The molecule has 0 aliphatic rings. The number of nitrogens with zero attached hydrogens (tertiary/aromatic N) is 3. The largest absolute Gasteiger partial charge is 0.496 e. The Bertz CT molecular complexity index is 542. The van der Waals surface area contributed by atoms with Gasteiger partial charge in [0.05, 0.1) is 20.3 Å². The van der Waals surface area contributed by atoms with Gasteiger partial charge in [-0.05, 0) is 6.07 Å². The number of aliphatic hydroxyl groups excluding tert-OH is 1. The van der Waals surface area contributed by atoms with Gasteiger partial charge < -0.3 is 14.3 Å². The molecule has 0 saturated heterocycles. The van der Waals surface area contributed by atoms with Gasteiger partial charge in [-0.1, -0.05) is 18.2 Å². The first-order chi connectivity index (χ1) is 9.72. The summed E-state index contributed by atoms with van der Waals surface area (Å²) in [5.74, 6) is 1.92. The molecule has 0 saturated carbocycles. The van der Waals surface area contributed by atoms with Crippen molar-refractivity contribution in [1.82, 2.24) is 15.1 Å². The Morgan fingerprint density at radius 2 is 2.05 bits per heavy atom. The van der Waals surface area contributed by atoms with Gasteiger partial charge in [0.15, 0.2) is 0 Å². The zero-order valence-electron chi connectivity index (χ0n) is 11.7. The summed E-state index contributed by atoms with van der Waals surface area (Å²) in [5.41, 5.74) is 1.06. The Hall–Kier alpha value is -1.92. The van der Waals surface area contributed by atoms with Crippen LogP contribution >= 0.6 is 0 Å². The molecule has 20 heavy (non-hydrogen) atoms. The Morgan fingerprint density at radius 1 is 1.25 bits per heavy atom. The van der Waals surface area contributed by atoms with Crippen molar-refractivity contribution in [1.29, 1.82) is 0 Å². The molecule has 0 fully saturated rings. The maximum atomic E-state index is 9.18. The third-order valence-electron chi connectivity index (χ3n) is 2.93. The van der Waals surface area contributed by atoms with Crippen molar-refractivity contribution in [2.45, 2.75) is 20.0 Å². The van der Waals surface area contributed by atoms with Gasteiger partial charge in [0.25, 0.3) is 0 Å². The highest BCUT2D eigenvalue weighted by atomic mass is 16.5. The smallest absolute Gasteiger partial charge is 0.230 e. The topological polar surface area (TPSA) is 71.6 Å². The molecule has 0 atom stereocenters. The summed E-state index contributed by atoms with van der Waals surface area (Å²) in [4.78, 5) is 2.03. The Kier molecular flexibility index (Phi) is 5.09. The quantitative estimate of drug-likeness (QED) is 0.824. The van der Waals surface area contributed by atoms with Crippen molar-refractivity contribution in [2.75, 3.05) is 20.3 Å². The first-order valence-corrected chi connectivity index (χ1v) is 6.47. The molecule has 6 nitrogen and oxygen atoms in total. The standard InChI is InChI=1S/C14H19N3O3/c1-11-15-16-14(20-11)10-17(7-8-18)9-12-5-3-4-6-13(12)19-2/h3-6,18H,7-10H2,1-2H3. The molecule has 0 radical (unpaired) electrons. The fourth-order valence-corrected chi connectivity index (χ4v) is 2.02. The predicted octanol–water partition coefficient (Wildman–Crippen LogP) is 1.38. The van der Waals surface area contributed by atoms with Crippen molar-refractivity contribution in [3.63, 3.8) is 0 Å². The summed E-state index contributed by atoms with van der Waals surface area (Å²) in [7, 11) is 1.65. The minimum atomic E-state index is 0.0717. The molecular formula is C14H19N3O3. The molecule has 0 unspecified atom stereocenters. The van der Waals surface area contributed by atoms with E-state index in [4.69, 9.17) is 9.15 Å². The van der Waals surface area contributed by atoms with Crippen LogP contribution in [0, 0.1) is 6.92 Å². The maximum Gasteiger partial charge on any atom is 0.230 e. The lowest BCUT2D eigenvalue weighted by molar-refractivity contribution is 0.170. The van der Waals surface area contributed by atoms with Crippen LogP contribution in [0.25, 0.3) is 0 Å². The van der Waals surface area contributed by atoms with E-state index in [1.54, 1.807) is 14.0 Å². The van der Waals surface area contributed by atoms with Crippen molar-refractivity contribution >= 4 is 0 Å². The van der Waals surface area contributed by atoms with Crippen LogP contribution in [0.2, 0.25) is 0 Å². The van der Waals surface area contributed by atoms with Crippen molar-refractivity contribution in [3.8, 4) is 5.75 Å². The molecular weight excluding hydrogens is 258 g/mol. The van der Waals surface area contributed by atoms with Gasteiger partial charge in [-0.3, -0.25) is 4.90 Å². The highest BCUT2D eigenvalue weighted by Gasteiger charge is 2.13. The zero-order chi connectivity index (χ0) is 14.4. The Balaban J connectivity index is 2.08. The third-order valence-corrected chi connectivity index (χ3v) is 2.93. The average Bonchev–Trinajstić information content (AvgIpc) is 2.85. The number of ether oxygens (including phenoxy) is 1. The molecule has 0 bridgehead atoms. The van der Waals surface area contributed by atoms with Crippen LogP contribution in [0.15, 0.2) is 28.7 Å². The summed E-state index contributed by atoms with van der Waals surface area (Å²) in [5, 5.41) is 17.0. The highest BCUT2D eigenvalue weighted by Crippen LogP contribution is 2.20. The number of para-hydroxylation sites is 1. The van der Waals surface area contributed by atoms with Crippen LogP contribution in [0.4, 0.5) is 0 Å². The lowest BCUT2D eigenvalue weighted by Gasteiger charge is -2.20. The first kappa shape index (κ1) is 14.5. The highest BCUT2D eigenvalue weighted by molar-refractivity contribution is 5.33. The van der Waals surface area contributed by atoms with Crippen LogP contribution in [0.1, 0.15) is 17.3 Å². The summed E-state index contributed by atoms with van der Waals surface area (Å²) in [6, 6.07) is 7.82. The van der Waals surface area contributed by atoms with E-state index >= 15 is 0 Å². The van der Waals surface area contributed by atoms with Crippen LogP contribution in [0.3, 0.4) is 0 Å². The SMILES string of the molecule is COc1ccccc1CN(CCO)Cc1nnc(C)o1. The van der Waals surface area contributed by atoms with Gasteiger partial charge in [0.1, 0.15) is 5.75 Å². The molecule has 1 N–H and O–H groups in total. The predicted molar refractivity (Wildman–Crippen MR) is 73.2 cm³/mol. The van der Waals surface area contributed by atoms with E-state index in [9.17, 15) is 5.11 Å². The molecule has 1 heterocycles. The number of hydrogen-bond donors (Lipinski definition) is 1. The second kappa shape index (κ2) is 7.02. The number of aryl methyl sites for hydroxylation is 1. The van der Waals surface area contributed by atoms with E-state index in [0.29, 0.717) is 31.4 Å². The summed E-state index contributed by atoms with van der Waals surface area (Å²) in [6.45, 7) is 3.50. The molecule has 2 rings (SSSR count). The fraction of sp³-hybridized carbons (Fsp3) is 0.429. The minimum absolute atomic E-state index is 0.0717. The molecule has 1 aromatic carbocycles. The van der Waals surface area contributed by atoms with Gasteiger partial charge in [-0.15, -0.1) is 10.2 Å². The first-order valence-electron chi connectivity index (χ1n) is 6.47. The van der Waals surface area contributed by atoms with E-state index in [0.717, 1.165) is 11.3 Å². The number of benzene rings is 1. The van der Waals surface area contributed by atoms with Crippen LogP contribution in [-0.2, 0) is 13.1 Å². The summed E-state index contributed by atoms with van der Waals surface area (Å²) in [6.07, 6.45) is 0. The van der Waals surface area contributed by atoms with Gasteiger partial charge in [0.2, 0.25) is 11.8 Å². The normalized spacial score (nSPS) is 11.0. The number of hydrogen-bond acceptors (Lipinski definition) is 6. The zero-order valence-corrected chi connectivity index (χ0v) is 11.7. The van der Waals surface area contributed by atoms with Gasteiger partial charge in [-0.25, -0.2) is 0 Å². The summed E-state index contributed by atoms with van der Waals surface area (Å²) >= 11 is 0. The number of methoxy groups -OCH3 is 1. The average molecular weight is 277 g/mol. The third kappa shape index (κ3) is 3.79. The van der Waals surface area contributed by atoms with Crippen molar-refractivity contribution in [2.24, 2.45) is 0 Å². The summed E-state index contributed by atoms with van der Waals surface area (Å²) < 4.78 is 10.7. The van der Waals surface area contributed by atoms with Gasteiger partial charge in [-0.2, -0.15) is 0 Å². The fourth-order valence-electron chi connectivity index (χ4n) is 2.02. The van der Waals surface area contributed by atoms with E-state index in [1.807, 2.05) is 29.2 Å². The molecule has 108 valence electrons. The number of aliphatic hydroxyl groups is 1. The van der Waals surface area contributed by atoms with Crippen molar-refractivity contribution in [3.05, 3.63) is 41.6 Å². The molecule has 0 spiro atoms. The van der Waals surface area contributed by atoms with Crippen molar-refractivity contribution < 1.29 is 14.3 Å². The minimum Gasteiger partial charge on any atom is -0.496 e. The molecule has 1 aromatic heterocycles. The maximum absolute atomic E-state index is 9.18. The number of aromatic nitrogens is 2. The lowest BCUT2D eigenvalue weighted by Crippen LogP contribution is -2.26. The second-order valence-corrected chi connectivity index (χ2v) is 4.46.